The van der Waals surface area contributed by atoms with Gasteiger partial charge in [0.1, 0.15) is 0 Å². The van der Waals surface area contributed by atoms with Crippen LogP contribution in [0.3, 0.4) is 0 Å². The Morgan fingerprint density at radius 1 is 1.08 bits per heavy atom. The summed E-state index contributed by atoms with van der Waals surface area (Å²) in [6.07, 6.45) is 3.01. The Kier molecular flexibility index (Phi) is 14.4. The number of hydrogen-bond donors (Lipinski definition) is 0. The van der Waals surface area contributed by atoms with Gasteiger partial charge in [-0.3, -0.25) is 0 Å². The Balaban J connectivity index is 0. The molecule has 0 heterocycles. The molecule has 0 bridgehead atoms. The second kappa shape index (κ2) is 10.7. The summed E-state index contributed by atoms with van der Waals surface area (Å²) in [7, 11) is 0.479. The van der Waals surface area contributed by atoms with E-state index in [4.69, 9.17) is 0 Å². The molecule has 0 amide bonds. The molecule has 1 radical (unpaired) electrons. The van der Waals surface area contributed by atoms with E-state index in [1.165, 1.54) is 12.3 Å². The molecule has 0 aromatic rings. The zero-order valence-electron chi connectivity index (χ0n) is 9.86. The Labute approximate surface area is 89.1 Å². The van der Waals surface area contributed by atoms with Crippen LogP contribution in [-0.4, -0.2) is 58.7 Å². The molecule has 0 aliphatic heterocycles. The van der Waals surface area contributed by atoms with Crippen LogP contribution in [0.2, 0.25) is 14.8 Å². The van der Waals surface area contributed by atoms with E-state index < -0.39 is 19.8 Å². The van der Waals surface area contributed by atoms with Gasteiger partial charge in [-0.25, -0.2) is 0 Å². The molecule has 0 spiro atoms. The van der Waals surface area contributed by atoms with E-state index in [1.54, 1.807) is 0 Å². The van der Waals surface area contributed by atoms with E-state index in [1.807, 2.05) is 0 Å². The normalized spacial score (nSPS) is 10.5. The summed E-state index contributed by atoms with van der Waals surface area (Å²) in [6.45, 7) is 9.51. The van der Waals surface area contributed by atoms with Crippen LogP contribution in [0.25, 0.3) is 0 Å². The third kappa shape index (κ3) is 29.9. The third-order valence-electron chi connectivity index (χ3n) is 1.06. The Bertz CT molecular complexity index is 71.8. The fourth-order valence-corrected chi connectivity index (χ4v) is 4.02. The molecule has 0 aliphatic rings. The van der Waals surface area contributed by atoms with E-state index in [0.29, 0.717) is 7.92 Å². The van der Waals surface area contributed by atoms with Crippen molar-refractivity contribution in [2.24, 2.45) is 0 Å². The summed E-state index contributed by atoms with van der Waals surface area (Å²) in [6, 6.07) is 0. The van der Waals surface area contributed by atoms with Gasteiger partial charge in [0, 0.05) is 19.5 Å². The topological polar surface area (TPSA) is 0 Å². The minimum absolute atomic E-state index is 0.0864. The van der Waals surface area contributed by atoms with Gasteiger partial charge >= 0.3 is 34.6 Å². The van der Waals surface area contributed by atoms with Crippen molar-refractivity contribution < 1.29 is 0 Å². The van der Waals surface area contributed by atoms with Crippen molar-refractivity contribution in [3.8, 4) is 0 Å². The third-order valence-corrected chi connectivity index (χ3v) is 3.85. The molecule has 0 aromatic heterocycles. The second-order valence-corrected chi connectivity index (χ2v) is 18.3. The summed E-state index contributed by atoms with van der Waals surface area (Å²) in [5.41, 5.74) is 0. The predicted molar refractivity (Wildman–Crippen MR) is 72.0 cm³/mol. The molecule has 0 saturated heterocycles. The molecule has 75 valence electrons. The zero-order chi connectivity index (χ0) is 10.1. The van der Waals surface area contributed by atoms with Gasteiger partial charge < -0.3 is 0 Å². The average Bonchev–Trinajstić information content (AvgIpc) is 1.82. The van der Waals surface area contributed by atoms with Crippen LogP contribution in [0, 0.1) is 0 Å². The molecule has 0 saturated carbocycles. The Hall–Kier alpha value is 1.66. The van der Waals surface area contributed by atoms with Crippen molar-refractivity contribution in [1.82, 2.24) is 0 Å². The monoisotopic (exact) mass is 316 g/mol. The van der Waals surface area contributed by atoms with E-state index in [2.05, 4.69) is 41.5 Å². The molecule has 0 atom stereocenters. The van der Waals surface area contributed by atoms with Crippen LogP contribution in [0.4, 0.5) is 0 Å². The van der Waals surface area contributed by atoms with Crippen LogP contribution in [0.15, 0.2) is 0 Å². The van der Waals surface area contributed by atoms with E-state index >= 15 is 0 Å². The van der Waals surface area contributed by atoms with Crippen molar-refractivity contribution in [1.29, 1.82) is 0 Å². The fourth-order valence-electron chi connectivity index (χ4n) is 0.447. The first-order valence-electron chi connectivity index (χ1n) is 4.56. The summed E-state index contributed by atoms with van der Waals surface area (Å²) in [4.78, 5) is 7.09. The predicted octanol–water partition coefficient (Wildman–Crippen LogP) is 3.57. The van der Waals surface area contributed by atoms with E-state index in [-0.39, 0.29) is 7.92 Å². The first kappa shape index (κ1) is 16.1. The van der Waals surface area contributed by atoms with Crippen LogP contribution in [-0.2, 0) is 0 Å². The Morgan fingerprint density at radius 3 is 1.50 bits per heavy atom. The van der Waals surface area contributed by atoms with Gasteiger partial charge in [0.25, 0.3) is 0 Å². The van der Waals surface area contributed by atoms with Crippen molar-refractivity contribution in [2.75, 3.05) is 39.0 Å². The van der Waals surface area contributed by atoms with Crippen LogP contribution >= 0.6 is 15.8 Å². The van der Waals surface area contributed by atoms with Crippen molar-refractivity contribution in [3.63, 3.8) is 0 Å². The molecular weight excluding hydrogens is 289 g/mol. The van der Waals surface area contributed by atoms with Gasteiger partial charge in [-0.15, -0.1) is 7.92 Å². The first-order chi connectivity index (χ1) is 5.36. The van der Waals surface area contributed by atoms with Crippen molar-refractivity contribution >= 4 is 35.6 Å². The molecule has 0 aliphatic carbocycles. The molecule has 12 heavy (non-hydrogen) atoms. The minimum atomic E-state index is -0.543. The van der Waals surface area contributed by atoms with Gasteiger partial charge in [0.2, 0.25) is 0 Å². The second-order valence-electron chi connectivity index (χ2n) is 4.26. The fraction of sp³-hybridized carbons (Fsp3) is 1.00. The van der Waals surface area contributed by atoms with Gasteiger partial charge in [-0.05, 0) is 21.3 Å². The molecule has 0 rings (SSSR count). The molecule has 0 aromatic carbocycles. The van der Waals surface area contributed by atoms with E-state index in [0.717, 1.165) is 0 Å². The molecule has 0 nitrogen and oxygen atoms in total. The van der Waals surface area contributed by atoms with Gasteiger partial charge in [-0.1, -0.05) is 0 Å². The number of hydrogen-bond acceptors (Lipinski definition) is 0. The quantitative estimate of drug-likeness (QED) is 0.552. The zero-order valence-corrected chi connectivity index (χ0v) is 14.6. The summed E-state index contributed by atoms with van der Waals surface area (Å²) >= 11 is -0.543. The molecule has 3 heteroatoms. The van der Waals surface area contributed by atoms with Crippen molar-refractivity contribution in [3.05, 3.63) is 0 Å². The average molecular weight is 315 g/mol. The molecule has 0 fully saturated rings. The molecular formula is C9H26P2Sn+. The summed E-state index contributed by atoms with van der Waals surface area (Å²) in [5, 5.41) is 0. The summed E-state index contributed by atoms with van der Waals surface area (Å²) < 4.78 is 0. The van der Waals surface area contributed by atoms with E-state index in [9.17, 15) is 0 Å². The van der Waals surface area contributed by atoms with Crippen molar-refractivity contribution in [2.45, 2.75) is 14.8 Å². The van der Waals surface area contributed by atoms with Gasteiger partial charge in [0.15, 0.2) is 0 Å². The maximum absolute atomic E-state index is 2.39. The maximum atomic E-state index is 2.39. The Morgan fingerprint density at radius 2 is 1.42 bits per heavy atom. The van der Waals surface area contributed by atoms with Gasteiger partial charge in [-0.2, -0.15) is 0 Å². The molecule has 0 unspecified atom stereocenters. The first-order valence-corrected chi connectivity index (χ1v) is 18.3. The summed E-state index contributed by atoms with van der Waals surface area (Å²) in [5.74, 6) is 0. The van der Waals surface area contributed by atoms with Crippen LogP contribution in [0.5, 0.6) is 0 Å². The SMILES string of the molecule is CP(C)CC[PH+](C)C.[CH3][Sn]([CH3])[CH3]. The number of rotatable bonds is 3. The van der Waals surface area contributed by atoms with Crippen LogP contribution < -0.4 is 0 Å². The van der Waals surface area contributed by atoms with Crippen LogP contribution in [0.1, 0.15) is 0 Å². The van der Waals surface area contributed by atoms with Gasteiger partial charge in [0.05, 0.1) is 6.16 Å². The molecule has 0 N–H and O–H groups in total. The standard InChI is InChI=1S/C6H16P2.3CH3.Sn/c1-7(2)5-6-8(3)4;;;;/h5-6H2,1-4H3;3*1H3;/p+1.